The van der Waals surface area contributed by atoms with Crippen LogP contribution in [0.3, 0.4) is 0 Å². The second kappa shape index (κ2) is 4.65. The Morgan fingerprint density at radius 1 is 1.41 bits per heavy atom. The highest BCUT2D eigenvalue weighted by Gasteiger charge is 2.12. The Morgan fingerprint density at radius 3 is 2.76 bits per heavy atom. The molecular formula is C13H20N4. The molecule has 0 aromatic carbocycles. The van der Waals surface area contributed by atoms with E-state index in [9.17, 15) is 0 Å². The Bertz CT molecular complexity index is 454. The molecule has 92 valence electrons. The maximum absolute atomic E-state index is 4.21. The molecule has 0 spiro atoms. The Kier molecular flexibility index (Phi) is 3.22. The van der Waals surface area contributed by atoms with Crippen LogP contribution in [-0.4, -0.2) is 22.4 Å². The summed E-state index contributed by atoms with van der Waals surface area (Å²) >= 11 is 0. The molecule has 0 aliphatic carbocycles. The second-order valence-electron chi connectivity index (χ2n) is 4.87. The van der Waals surface area contributed by atoms with Gasteiger partial charge in [-0.05, 0) is 26.8 Å². The molecule has 1 aliphatic heterocycles. The maximum atomic E-state index is 4.21. The van der Waals surface area contributed by atoms with Crippen molar-refractivity contribution in [1.29, 1.82) is 0 Å². The number of hydrogen-bond acceptors (Lipinski definition) is 3. The second-order valence-corrected chi connectivity index (χ2v) is 4.87. The van der Waals surface area contributed by atoms with Crippen LogP contribution in [0.4, 0.5) is 5.69 Å². The first kappa shape index (κ1) is 11.8. The first-order valence-electron chi connectivity index (χ1n) is 5.95. The molecule has 0 unspecified atom stereocenters. The van der Waals surface area contributed by atoms with Crippen molar-refractivity contribution in [2.75, 3.05) is 11.4 Å². The van der Waals surface area contributed by atoms with E-state index in [0.29, 0.717) is 6.04 Å². The lowest BCUT2D eigenvalue weighted by Gasteiger charge is -2.26. The number of rotatable bonds is 3. The van der Waals surface area contributed by atoms with Gasteiger partial charge in [0.15, 0.2) is 0 Å². The fourth-order valence-electron chi connectivity index (χ4n) is 1.97. The number of nitrogens with zero attached hydrogens (tertiary/aromatic N) is 3. The minimum absolute atomic E-state index is 0.444. The Balaban J connectivity index is 2.20. The van der Waals surface area contributed by atoms with E-state index in [-0.39, 0.29) is 0 Å². The van der Waals surface area contributed by atoms with Crippen LogP contribution in [0.25, 0.3) is 0 Å². The van der Waals surface area contributed by atoms with Crippen molar-refractivity contribution in [3.63, 3.8) is 0 Å². The normalized spacial score (nSPS) is 15.9. The molecule has 1 aliphatic rings. The van der Waals surface area contributed by atoms with Crippen LogP contribution in [0.1, 0.15) is 20.8 Å². The predicted octanol–water partition coefficient (Wildman–Crippen LogP) is 2.03. The lowest BCUT2D eigenvalue weighted by molar-refractivity contribution is 0.674. The van der Waals surface area contributed by atoms with Gasteiger partial charge in [0.1, 0.15) is 0 Å². The molecule has 1 aromatic heterocycles. The van der Waals surface area contributed by atoms with Gasteiger partial charge in [-0.25, -0.2) is 0 Å². The van der Waals surface area contributed by atoms with Crippen molar-refractivity contribution < 1.29 is 0 Å². The molecule has 2 heterocycles. The zero-order valence-electron chi connectivity index (χ0n) is 10.9. The van der Waals surface area contributed by atoms with Gasteiger partial charge < -0.3 is 10.2 Å². The molecule has 0 atom stereocenters. The minimum atomic E-state index is 0.444. The quantitative estimate of drug-likeness (QED) is 0.865. The standard InChI is InChI=1S/C13H20N4/c1-10(2)15-12-5-11(3)7-17(8-12)13-6-14-16(4)9-13/h5-6,8-10,15H,7H2,1-4H3. The average molecular weight is 232 g/mol. The summed E-state index contributed by atoms with van der Waals surface area (Å²) in [6, 6.07) is 0.444. The molecule has 1 aromatic rings. The number of nitrogens with one attached hydrogen (secondary N) is 1. The molecule has 0 bridgehead atoms. The third-order valence-electron chi connectivity index (χ3n) is 2.59. The van der Waals surface area contributed by atoms with E-state index < -0.39 is 0 Å². The highest BCUT2D eigenvalue weighted by atomic mass is 15.3. The average Bonchev–Trinajstić information content (AvgIpc) is 2.62. The van der Waals surface area contributed by atoms with Gasteiger partial charge in [-0.2, -0.15) is 5.10 Å². The fraction of sp³-hybridized carbons (Fsp3) is 0.462. The van der Waals surface area contributed by atoms with Gasteiger partial charge in [-0.3, -0.25) is 4.68 Å². The first-order valence-corrected chi connectivity index (χ1v) is 5.95. The smallest absolute Gasteiger partial charge is 0.0795 e. The molecule has 0 fully saturated rings. The highest BCUT2D eigenvalue weighted by Crippen LogP contribution is 2.20. The summed E-state index contributed by atoms with van der Waals surface area (Å²) in [6.45, 7) is 7.37. The first-order chi connectivity index (χ1) is 8.04. The van der Waals surface area contributed by atoms with Crippen LogP contribution in [0.15, 0.2) is 35.9 Å². The molecule has 0 amide bonds. The highest BCUT2D eigenvalue weighted by molar-refractivity contribution is 5.51. The van der Waals surface area contributed by atoms with Crippen LogP contribution in [0.5, 0.6) is 0 Å². The third-order valence-corrected chi connectivity index (χ3v) is 2.59. The summed E-state index contributed by atoms with van der Waals surface area (Å²) in [5.41, 5.74) is 3.63. The van der Waals surface area contributed by atoms with Gasteiger partial charge >= 0.3 is 0 Å². The van der Waals surface area contributed by atoms with Crippen LogP contribution in [-0.2, 0) is 7.05 Å². The molecule has 0 saturated carbocycles. The maximum Gasteiger partial charge on any atom is 0.0795 e. The largest absolute Gasteiger partial charge is 0.382 e. The van der Waals surface area contributed by atoms with Crippen LogP contribution in [0.2, 0.25) is 0 Å². The van der Waals surface area contributed by atoms with Crippen molar-refractivity contribution in [3.8, 4) is 0 Å². The summed E-state index contributed by atoms with van der Waals surface area (Å²) in [5, 5.41) is 7.64. The summed E-state index contributed by atoms with van der Waals surface area (Å²) in [7, 11) is 1.94. The number of aromatic nitrogens is 2. The lowest BCUT2D eigenvalue weighted by Crippen LogP contribution is -2.29. The Labute approximate surface area is 103 Å². The van der Waals surface area contributed by atoms with Crippen molar-refractivity contribution in [1.82, 2.24) is 15.1 Å². The van der Waals surface area contributed by atoms with E-state index >= 15 is 0 Å². The Hall–Kier alpha value is -1.71. The van der Waals surface area contributed by atoms with Gasteiger partial charge in [0.2, 0.25) is 0 Å². The molecular weight excluding hydrogens is 212 g/mol. The summed E-state index contributed by atoms with van der Waals surface area (Å²) in [6.07, 6.45) is 8.26. The number of anilines is 1. The van der Waals surface area contributed by atoms with Crippen molar-refractivity contribution in [2.24, 2.45) is 7.05 Å². The number of aryl methyl sites for hydroxylation is 1. The predicted molar refractivity (Wildman–Crippen MR) is 70.7 cm³/mol. The van der Waals surface area contributed by atoms with E-state index in [1.807, 2.05) is 24.1 Å². The molecule has 17 heavy (non-hydrogen) atoms. The van der Waals surface area contributed by atoms with Crippen molar-refractivity contribution in [2.45, 2.75) is 26.8 Å². The lowest BCUT2D eigenvalue weighted by atomic mass is 10.1. The van der Waals surface area contributed by atoms with Crippen LogP contribution >= 0.6 is 0 Å². The zero-order valence-corrected chi connectivity index (χ0v) is 10.9. The van der Waals surface area contributed by atoms with Gasteiger partial charge in [0, 0.05) is 32.0 Å². The number of hydrogen-bond donors (Lipinski definition) is 1. The van der Waals surface area contributed by atoms with Gasteiger partial charge in [0.25, 0.3) is 0 Å². The SMILES string of the molecule is CC1=CC(NC(C)C)=CN(c2cnn(C)c2)C1. The van der Waals surface area contributed by atoms with Gasteiger partial charge in [-0.1, -0.05) is 5.57 Å². The van der Waals surface area contributed by atoms with Crippen LogP contribution in [0, 0.1) is 0 Å². The van der Waals surface area contributed by atoms with Crippen molar-refractivity contribution in [3.05, 3.63) is 35.9 Å². The minimum Gasteiger partial charge on any atom is -0.382 e. The summed E-state index contributed by atoms with van der Waals surface area (Å²) < 4.78 is 1.83. The van der Waals surface area contributed by atoms with Gasteiger partial charge in [0.05, 0.1) is 17.6 Å². The van der Waals surface area contributed by atoms with E-state index in [4.69, 9.17) is 0 Å². The van der Waals surface area contributed by atoms with E-state index in [2.05, 4.69) is 48.4 Å². The fourth-order valence-corrected chi connectivity index (χ4v) is 1.97. The molecule has 0 radical (unpaired) electrons. The summed E-state index contributed by atoms with van der Waals surface area (Å²) in [4.78, 5) is 2.22. The van der Waals surface area contributed by atoms with E-state index in [1.165, 1.54) is 5.57 Å². The number of allylic oxidation sites excluding steroid dienone is 1. The molecule has 4 nitrogen and oxygen atoms in total. The zero-order chi connectivity index (χ0) is 12.4. The summed E-state index contributed by atoms with van der Waals surface area (Å²) in [5.74, 6) is 0. The molecule has 2 rings (SSSR count). The molecule has 0 saturated heterocycles. The van der Waals surface area contributed by atoms with E-state index in [0.717, 1.165) is 17.9 Å². The third kappa shape index (κ3) is 2.90. The molecule has 4 heteroatoms. The van der Waals surface area contributed by atoms with Crippen LogP contribution < -0.4 is 10.2 Å². The van der Waals surface area contributed by atoms with Gasteiger partial charge in [-0.15, -0.1) is 0 Å². The van der Waals surface area contributed by atoms with Crippen molar-refractivity contribution >= 4 is 5.69 Å². The Morgan fingerprint density at radius 2 is 2.18 bits per heavy atom. The molecule has 1 N–H and O–H groups in total. The topological polar surface area (TPSA) is 33.1 Å². The monoisotopic (exact) mass is 232 g/mol. The van der Waals surface area contributed by atoms with E-state index in [1.54, 1.807) is 0 Å².